The van der Waals surface area contributed by atoms with Crippen molar-refractivity contribution in [3.05, 3.63) is 17.3 Å². The Hall–Kier alpha value is -1.98. The van der Waals surface area contributed by atoms with Crippen LogP contribution in [0.2, 0.25) is 0 Å². The summed E-state index contributed by atoms with van der Waals surface area (Å²) in [6.07, 6.45) is 0.304. The largest absolute Gasteiger partial charge is 0.480 e. The van der Waals surface area contributed by atoms with E-state index in [-0.39, 0.29) is 31.4 Å². The van der Waals surface area contributed by atoms with Crippen LogP contribution in [0.3, 0.4) is 0 Å². The fourth-order valence-electron chi connectivity index (χ4n) is 2.58. The zero-order chi connectivity index (χ0) is 18.8. The first-order chi connectivity index (χ1) is 11.6. The standard InChI is InChI=1S/C14H21N3O7S/c1-9-13(24-10(2)15-9)14(20)16-4-5-23-11(6-16)7-17(8-12(18)19)25(3,21)22/h11H,4-8H2,1-3H3,(H,18,19). The van der Waals surface area contributed by atoms with Gasteiger partial charge in [-0.3, -0.25) is 9.59 Å². The number of aromatic nitrogens is 1. The Labute approximate surface area is 145 Å². The first-order valence-corrected chi connectivity index (χ1v) is 9.44. The van der Waals surface area contributed by atoms with E-state index in [1.807, 2.05) is 0 Å². The summed E-state index contributed by atoms with van der Waals surface area (Å²) in [7, 11) is -3.71. The van der Waals surface area contributed by atoms with E-state index >= 15 is 0 Å². The lowest BCUT2D eigenvalue weighted by Gasteiger charge is -2.34. The second kappa shape index (κ2) is 7.50. The number of sulfonamides is 1. The number of carboxylic acids is 1. The smallest absolute Gasteiger partial charge is 0.318 e. The van der Waals surface area contributed by atoms with Gasteiger partial charge in [-0.05, 0) is 6.92 Å². The van der Waals surface area contributed by atoms with Gasteiger partial charge in [-0.2, -0.15) is 4.31 Å². The molecule has 1 N–H and O–H groups in total. The molecule has 1 aliphatic rings. The summed E-state index contributed by atoms with van der Waals surface area (Å²) in [5, 5.41) is 8.87. The summed E-state index contributed by atoms with van der Waals surface area (Å²) in [6.45, 7) is 3.17. The number of carboxylic acid groups (broad SMARTS) is 1. The lowest BCUT2D eigenvalue weighted by Crippen LogP contribution is -2.51. The number of rotatable bonds is 6. The van der Waals surface area contributed by atoms with Crippen molar-refractivity contribution in [1.82, 2.24) is 14.2 Å². The van der Waals surface area contributed by atoms with Crippen LogP contribution in [0.1, 0.15) is 22.1 Å². The lowest BCUT2D eigenvalue weighted by atomic mass is 10.2. The summed E-state index contributed by atoms with van der Waals surface area (Å²) >= 11 is 0. The first kappa shape index (κ1) is 19.3. The molecule has 140 valence electrons. The molecule has 2 heterocycles. The zero-order valence-corrected chi connectivity index (χ0v) is 15.1. The summed E-state index contributed by atoms with van der Waals surface area (Å²) in [5.74, 6) is -1.09. The summed E-state index contributed by atoms with van der Waals surface area (Å²) in [6, 6.07) is 0. The molecule has 0 saturated carbocycles. The maximum absolute atomic E-state index is 12.6. The van der Waals surface area contributed by atoms with Gasteiger partial charge in [0.15, 0.2) is 5.89 Å². The fourth-order valence-corrected chi connectivity index (χ4v) is 3.36. The first-order valence-electron chi connectivity index (χ1n) is 7.59. The third kappa shape index (κ3) is 5.00. The van der Waals surface area contributed by atoms with Crippen molar-refractivity contribution in [2.24, 2.45) is 0 Å². The summed E-state index contributed by atoms with van der Waals surface area (Å²) < 4.78 is 35.1. The van der Waals surface area contributed by atoms with Gasteiger partial charge in [-0.15, -0.1) is 0 Å². The van der Waals surface area contributed by atoms with Gasteiger partial charge in [0.25, 0.3) is 5.91 Å². The van der Waals surface area contributed by atoms with Crippen molar-refractivity contribution in [2.45, 2.75) is 20.0 Å². The van der Waals surface area contributed by atoms with E-state index in [1.165, 1.54) is 4.90 Å². The normalized spacial score (nSPS) is 18.6. The molecule has 2 rings (SSSR count). The van der Waals surface area contributed by atoms with E-state index in [0.717, 1.165) is 10.6 Å². The van der Waals surface area contributed by atoms with Crippen LogP contribution < -0.4 is 0 Å². The van der Waals surface area contributed by atoms with E-state index in [9.17, 15) is 18.0 Å². The molecule has 10 nitrogen and oxygen atoms in total. The Morgan fingerprint density at radius 3 is 2.60 bits per heavy atom. The Balaban J connectivity index is 2.08. The molecule has 11 heteroatoms. The molecular formula is C14H21N3O7S. The van der Waals surface area contributed by atoms with Crippen LogP contribution in [0.4, 0.5) is 0 Å². The number of hydrogen-bond donors (Lipinski definition) is 1. The van der Waals surface area contributed by atoms with Gasteiger partial charge in [-0.25, -0.2) is 13.4 Å². The quantitative estimate of drug-likeness (QED) is 0.703. The highest BCUT2D eigenvalue weighted by molar-refractivity contribution is 7.88. The van der Waals surface area contributed by atoms with Crippen molar-refractivity contribution >= 4 is 21.9 Å². The number of morpholine rings is 1. The summed E-state index contributed by atoms with van der Waals surface area (Å²) in [4.78, 5) is 29.0. The van der Waals surface area contributed by atoms with Gasteiger partial charge < -0.3 is 19.2 Å². The molecule has 0 spiro atoms. The van der Waals surface area contributed by atoms with Crippen molar-refractivity contribution in [2.75, 3.05) is 39.0 Å². The molecule has 1 unspecified atom stereocenters. The number of carbonyl (C=O) groups is 2. The molecule has 1 aliphatic heterocycles. The SMILES string of the molecule is Cc1nc(C)c(C(=O)N2CCOC(CN(CC(=O)O)S(C)(=O)=O)C2)o1. The maximum atomic E-state index is 12.6. The second-order valence-electron chi connectivity index (χ2n) is 5.84. The maximum Gasteiger partial charge on any atom is 0.318 e. The Morgan fingerprint density at radius 2 is 2.08 bits per heavy atom. The van der Waals surface area contributed by atoms with Crippen LogP contribution in [0.25, 0.3) is 0 Å². The van der Waals surface area contributed by atoms with Crippen LogP contribution in [0.15, 0.2) is 4.42 Å². The number of hydrogen-bond acceptors (Lipinski definition) is 7. The second-order valence-corrected chi connectivity index (χ2v) is 7.82. The number of nitrogens with zero attached hydrogens (tertiary/aromatic N) is 3. The highest BCUT2D eigenvalue weighted by Crippen LogP contribution is 2.16. The topological polar surface area (TPSA) is 130 Å². The average molecular weight is 375 g/mol. The minimum atomic E-state index is -3.71. The highest BCUT2D eigenvalue weighted by Gasteiger charge is 2.31. The summed E-state index contributed by atoms with van der Waals surface area (Å²) in [5.41, 5.74) is 0.481. The van der Waals surface area contributed by atoms with Crippen LogP contribution in [0, 0.1) is 13.8 Å². The van der Waals surface area contributed by atoms with E-state index in [0.29, 0.717) is 18.1 Å². The third-order valence-corrected chi connectivity index (χ3v) is 4.93. The molecule has 1 aromatic rings. The number of aliphatic carboxylic acids is 1. The van der Waals surface area contributed by atoms with E-state index in [2.05, 4.69) is 4.98 Å². The lowest BCUT2D eigenvalue weighted by molar-refractivity contribution is -0.137. The van der Waals surface area contributed by atoms with E-state index in [4.69, 9.17) is 14.3 Å². The third-order valence-electron chi connectivity index (χ3n) is 3.71. The zero-order valence-electron chi connectivity index (χ0n) is 14.3. The van der Waals surface area contributed by atoms with Gasteiger partial charge in [-0.1, -0.05) is 0 Å². The number of aryl methyl sites for hydroxylation is 2. The molecule has 1 saturated heterocycles. The number of ether oxygens (including phenoxy) is 1. The Bertz CT molecular complexity index is 758. The van der Waals surface area contributed by atoms with Gasteiger partial charge >= 0.3 is 5.97 Å². The molecule has 1 fully saturated rings. The molecule has 0 aliphatic carbocycles. The van der Waals surface area contributed by atoms with Gasteiger partial charge in [0.05, 0.1) is 24.7 Å². The van der Waals surface area contributed by atoms with Crippen LogP contribution >= 0.6 is 0 Å². The predicted molar refractivity (Wildman–Crippen MR) is 85.7 cm³/mol. The molecule has 25 heavy (non-hydrogen) atoms. The number of amides is 1. The van der Waals surface area contributed by atoms with E-state index in [1.54, 1.807) is 13.8 Å². The number of oxazole rings is 1. The van der Waals surface area contributed by atoms with Gasteiger partial charge in [0, 0.05) is 26.6 Å². The average Bonchev–Trinajstić information content (AvgIpc) is 2.83. The van der Waals surface area contributed by atoms with Crippen LogP contribution in [0.5, 0.6) is 0 Å². The van der Waals surface area contributed by atoms with Crippen molar-refractivity contribution in [3.63, 3.8) is 0 Å². The molecule has 1 amide bonds. The molecule has 0 bridgehead atoms. The van der Waals surface area contributed by atoms with Crippen LogP contribution in [-0.4, -0.2) is 84.7 Å². The Morgan fingerprint density at radius 1 is 1.40 bits per heavy atom. The molecule has 0 radical (unpaired) electrons. The van der Waals surface area contributed by atoms with Crippen molar-refractivity contribution < 1.29 is 32.3 Å². The van der Waals surface area contributed by atoms with Gasteiger partial charge in [0.1, 0.15) is 6.54 Å². The fraction of sp³-hybridized carbons (Fsp3) is 0.643. The highest BCUT2D eigenvalue weighted by atomic mass is 32.2. The predicted octanol–water partition coefficient (Wildman–Crippen LogP) is -0.521. The van der Waals surface area contributed by atoms with Crippen molar-refractivity contribution in [1.29, 1.82) is 0 Å². The molecular weight excluding hydrogens is 354 g/mol. The Kier molecular flexibility index (Phi) is 5.80. The minimum absolute atomic E-state index is 0.129. The van der Waals surface area contributed by atoms with Gasteiger partial charge in [0.2, 0.25) is 15.8 Å². The monoisotopic (exact) mass is 375 g/mol. The van der Waals surface area contributed by atoms with E-state index < -0.39 is 28.6 Å². The molecule has 0 aromatic carbocycles. The van der Waals surface area contributed by atoms with Crippen molar-refractivity contribution in [3.8, 4) is 0 Å². The van der Waals surface area contributed by atoms with Crippen LogP contribution in [-0.2, 0) is 19.6 Å². The minimum Gasteiger partial charge on any atom is -0.480 e. The molecule has 1 atom stereocenters. The molecule has 1 aromatic heterocycles. The number of carbonyl (C=O) groups excluding carboxylic acids is 1.